The average molecular weight is 336 g/mol. The van der Waals surface area contributed by atoms with Gasteiger partial charge >= 0.3 is 0 Å². The van der Waals surface area contributed by atoms with Crippen molar-refractivity contribution in [3.05, 3.63) is 71.9 Å². The van der Waals surface area contributed by atoms with Crippen LogP contribution in [0.1, 0.15) is 4.88 Å². The standard InChI is InChI=1S/C20H13FO2S/c1-2-13(22)10-14-11-16-15-5-3-4-6-18(15)23-19-8-7-12(21)9-17(19)20(16)24-14/h2-9,11H,1,10H2. The lowest BCUT2D eigenvalue weighted by molar-refractivity contribution is -0.113. The minimum Gasteiger partial charge on any atom is -0.456 e. The van der Waals surface area contributed by atoms with E-state index in [0.717, 1.165) is 26.6 Å². The predicted molar refractivity (Wildman–Crippen MR) is 94.1 cm³/mol. The highest BCUT2D eigenvalue weighted by Crippen LogP contribution is 2.50. The zero-order chi connectivity index (χ0) is 16.7. The third kappa shape index (κ3) is 2.45. The largest absolute Gasteiger partial charge is 0.456 e. The molecule has 0 unspecified atom stereocenters. The predicted octanol–water partition coefficient (Wildman–Crippen LogP) is 5.62. The molecule has 24 heavy (non-hydrogen) atoms. The van der Waals surface area contributed by atoms with E-state index < -0.39 is 0 Å². The van der Waals surface area contributed by atoms with Gasteiger partial charge in [-0.2, -0.15) is 0 Å². The van der Waals surface area contributed by atoms with Crippen LogP contribution in [-0.4, -0.2) is 5.78 Å². The maximum absolute atomic E-state index is 13.8. The Bertz CT molecular complexity index is 972. The second kappa shape index (κ2) is 5.73. The smallest absolute Gasteiger partial charge is 0.160 e. The zero-order valence-electron chi connectivity index (χ0n) is 12.7. The van der Waals surface area contributed by atoms with Crippen molar-refractivity contribution in [1.29, 1.82) is 0 Å². The molecule has 2 nitrogen and oxygen atoms in total. The van der Waals surface area contributed by atoms with E-state index in [-0.39, 0.29) is 11.6 Å². The lowest BCUT2D eigenvalue weighted by atomic mass is 10.0. The molecule has 0 bridgehead atoms. The summed E-state index contributed by atoms with van der Waals surface area (Å²) >= 11 is 1.49. The number of ether oxygens (including phenoxy) is 1. The van der Waals surface area contributed by atoms with Crippen molar-refractivity contribution in [2.24, 2.45) is 0 Å². The van der Waals surface area contributed by atoms with Gasteiger partial charge in [0.05, 0.1) is 0 Å². The molecule has 3 aromatic rings. The van der Waals surface area contributed by atoms with Gasteiger partial charge in [0.25, 0.3) is 0 Å². The Morgan fingerprint density at radius 1 is 1.08 bits per heavy atom. The molecule has 4 rings (SSSR count). The lowest BCUT2D eigenvalue weighted by Crippen LogP contribution is -1.94. The fourth-order valence-electron chi connectivity index (χ4n) is 2.84. The number of halogens is 1. The van der Waals surface area contributed by atoms with Crippen LogP contribution in [0.2, 0.25) is 0 Å². The molecular weight excluding hydrogens is 323 g/mol. The molecular formula is C20H13FO2S. The van der Waals surface area contributed by atoms with Crippen molar-refractivity contribution in [2.45, 2.75) is 6.42 Å². The molecule has 0 amide bonds. The summed E-state index contributed by atoms with van der Waals surface area (Å²) in [7, 11) is 0. The Kier molecular flexibility index (Phi) is 3.54. The SMILES string of the molecule is C=CC(=O)Cc1cc2c(s1)-c1cc(F)ccc1Oc1ccccc1-2. The first kappa shape index (κ1) is 14.8. The van der Waals surface area contributed by atoms with Gasteiger partial charge in [0.15, 0.2) is 5.78 Å². The van der Waals surface area contributed by atoms with Crippen LogP contribution in [0.15, 0.2) is 61.2 Å². The molecule has 2 heterocycles. The summed E-state index contributed by atoms with van der Waals surface area (Å²) in [6.07, 6.45) is 1.63. The molecule has 0 spiro atoms. The molecule has 2 aromatic carbocycles. The number of para-hydroxylation sites is 1. The van der Waals surface area contributed by atoms with Crippen LogP contribution < -0.4 is 4.74 Å². The topological polar surface area (TPSA) is 26.3 Å². The van der Waals surface area contributed by atoms with Crippen LogP contribution in [0, 0.1) is 5.82 Å². The van der Waals surface area contributed by atoms with Crippen molar-refractivity contribution >= 4 is 17.1 Å². The van der Waals surface area contributed by atoms with Gasteiger partial charge in [-0.15, -0.1) is 11.3 Å². The second-order valence-corrected chi connectivity index (χ2v) is 6.68. The van der Waals surface area contributed by atoms with E-state index in [1.54, 1.807) is 6.07 Å². The maximum Gasteiger partial charge on any atom is 0.160 e. The van der Waals surface area contributed by atoms with E-state index in [1.807, 2.05) is 30.3 Å². The van der Waals surface area contributed by atoms with Crippen LogP contribution in [0.5, 0.6) is 11.5 Å². The van der Waals surface area contributed by atoms with Gasteiger partial charge in [-0.3, -0.25) is 4.79 Å². The number of carbonyl (C=O) groups is 1. The second-order valence-electron chi connectivity index (χ2n) is 5.54. The molecule has 118 valence electrons. The number of benzene rings is 2. The van der Waals surface area contributed by atoms with Gasteiger partial charge in [-0.1, -0.05) is 24.8 Å². The fourth-order valence-corrected chi connectivity index (χ4v) is 4.04. The molecule has 0 radical (unpaired) electrons. The molecule has 4 heteroatoms. The summed E-state index contributed by atoms with van der Waals surface area (Å²) < 4.78 is 19.8. The summed E-state index contributed by atoms with van der Waals surface area (Å²) in [4.78, 5) is 13.6. The first-order chi connectivity index (χ1) is 11.7. The maximum atomic E-state index is 13.8. The number of fused-ring (bicyclic) bond motifs is 5. The summed E-state index contributed by atoms with van der Waals surface area (Å²) in [6, 6.07) is 14.2. The van der Waals surface area contributed by atoms with Crippen molar-refractivity contribution in [3.63, 3.8) is 0 Å². The van der Waals surface area contributed by atoms with Crippen molar-refractivity contribution in [2.75, 3.05) is 0 Å². The van der Waals surface area contributed by atoms with Crippen LogP contribution in [0.4, 0.5) is 4.39 Å². The van der Waals surface area contributed by atoms with Gasteiger partial charge in [0, 0.05) is 32.9 Å². The average Bonchev–Trinajstić information content (AvgIpc) is 2.95. The number of hydrogen-bond acceptors (Lipinski definition) is 3. The third-order valence-corrected chi connectivity index (χ3v) is 5.11. The molecule has 0 N–H and O–H groups in total. The fraction of sp³-hybridized carbons (Fsp3) is 0.0500. The highest BCUT2D eigenvalue weighted by Gasteiger charge is 2.24. The van der Waals surface area contributed by atoms with E-state index in [4.69, 9.17) is 4.74 Å². The van der Waals surface area contributed by atoms with Crippen molar-refractivity contribution in [1.82, 2.24) is 0 Å². The van der Waals surface area contributed by atoms with Crippen molar-refractivity contribution < 1.29 is 13.9 Å². The van der Waals surface area contributed by atoms with Gasteiger partial charge in [0.2, 0.25) is 0 Å². The minimum absolute atomic E-state index is 0.0320. The van der Waals surface area contributed by atoms with Crippen LogP contribution in [0.3, 0.4) is 0 Å². The number of carbonyl (C=O) groups excluding carboxylic acids is 1. The number of rotatable bonds is 3. The summed E-state index contributed by atoms with van der Waals surface area (Å²) in [6.45, 7) is 3.52. The van der Waals surface area contributed by atoms with E-state index in [2.05, 4.69) is 6.58 Å². The first-order valence-corrected chi connectivity index (χ1v) is 8.32. The van der Waals surface area contributed by atoms with Gasteiger partial charge in [0.1, 0.15) is 17.3 Å². The van der Waals surface area contributed by atoms with Crippen LogP contribution >= 0.6 is 11.3 Å². The Morgan fingerprint density at radius 3 is 2.71 bits per heavy atom. The molecule has 0 saturated heterocycles. The van der Waals surface area contributed by atoms with E-state index in [1.165, 1.54) is 29.5 Å². The van der Waals surface area contributed by atoms with Gasteiger partial charge in [-0.05, 0) is 36.4 Å². The first-order valence-electron chi connectivity index (χ1n) is 7.51. The molecule has 0 aliphatic carbocycles. The monoisotopic (exact) mass is 336 g/mol. The molecule has 1 aliphatic rings. The Hall–Kier alpha value is -2.72. The molecule has 0 saturated carbocycles. The summed E-state index contributed by atoms with van der Waals surface area (Å²) in [5, 5.41) is 0. The van der Waals surface area contributed by atoms with Gasteiger partial charge in [-0.25, -0.2) is 4.39 Å². The quantitative estimate of drug-likeness (QED) is 0.454. The minimum atomic E-state index is -0.314. The molecule has 1 aromatic heterocycles. The van der Waals surface area contributed by atoms with E-state index in [0.29, 0.717) is 17.7 Å². The number of thiophene rings is 1. The normalized spacial score (nSPS) is 11.5. The highest BCUT2D eigenvalue weighted by atomic mass is 32.1. The molecule has 1 aliphatic heterocycles. The number of allylic oxidation sites excluding steroid dienone is 1. The van der Waals surface area contributed by atoms with Crippen molar-refractivity contribution in [3.8, 4) is 33.1 Å². The summed E-state index contributed by atoms with van der Waals surface area (Å²) in [5.41, 5.74) is 2.62. The highest BCUT2D eigenvalue weighted by molar-refractivity contribution is 7.16. The zero-order valence-corrected chi connectivity index (χ0v) is 13.5. The van der Waals surface area contributed by atoms with Crippen LogP contribution in [-0.2, 0) is 11.2 Å². The van der Waals surface area contributed by atoms with Gasteiger partial charge < -0.3 is 4.74 Å². The Labute approximate surface area is 142 Å². The van der Waals surface area contributed by atoms with E-state index in [9.17, 15) is 9.18 Å². The Balaban J connectivity index is 1.97. The molecule has 0 fully saturated rings. The third-order valence-electron chi connectivity index (χ3n) is 3.94. The molecule has 0 atom stereocenters. The lowest BCUT2D eigenvalue weighted by Gasteiger charge is -2.08. The van der Waals surface area contributed by atoms with Crippen LogP contribution in [0.25, 0.3) is 21.6 Å². The number of hydrogen-bond donors (Lipinski definition) is 0. The summed E-state index contributed by atoms with van der Waals surface area (Å²) in [5.74, 6) is 0.997. The Morgan fingerprint density at radius 2 is 1.88 bits per heavy atom. The van der Waals surface area contributed by atoms with E-state index >= 15 is 0 Å². The number of ketones is 1.